The summed E-state index contributed by atoms with van der Waals surface area (Å²) in [6, 6.07) is 12.7. The molecule has 3 nitrogen and oxygen atoms in total. The lowest BCUT2D eigenvalue weighted by Gasteiger charge is -2.39. The van der Waals surface area contributed by atoms with Crippen molar-refractivity contribution in [3.8, 4) is 17.0 Å². The average molecular weight is 338 g/mol. The smallest absolute Gasteiger partial charge is 0.128 e. The molecule has 0 atom stereocenters. The highest BCUT2D eigenvalue weighted by molar-refractivity contribution is 5.67. The van der Waals surface area contributed by atoms with E-state index in [2.05, 4.69) is 43.4 Å². The van der Waals surface area contributed by atoms with E-state index < -0.39 is 0 Å². The molecule has 1 aromatic heterocycles. The molecule has 0 bridgehead atoms. The van der Waals surface area contributed by atoms with Crippen molar-refractivity contribution >= 4 is 0 Å². The number of hydrogen-bond acceptors (Lipinski definition) is 3. The molecule has 0 aliphatic carbocycles. The molecule has 0 unspecified atom stereocenters. The van der Waals surface area contributed by atoms with Gasteiger partial charge in [-0.2, -0.15) is 0 Å². The molecule has 0 saturated carbocycles. The molecule has 1 N–H and O–H groups in total. The lowest BCUT2D eigenvalue weighted by Crippen LogP contribution is -2.43. The van der Waals surface area contributed by atoms with Crippen LogP contribution in [0.2, 0.25) is 0 Å². The Morgan fingerprint density at radius 1 is 1.04 bits per heavy atom. The minimum Gasteiger partial charge on any atom is -0.493 e. The van der Waals surface area contributed by atoms with Crippen LogP contribution in [0.4, 0.5) is 0 Å². The maximum Gasteiger partial charge on any atom is 0.128 e. The van der Waals surface area contributed by atoms with Crippen LogP contribution >= 0.6 is 0 Å². The van der Waals surface area contributed by atoms with E-state index in [-0.39, 0.29) is 5.41 Å². The number of ether oxygens (including phenoxy) is 1. The van der Waals surface area contributed by atoms with E-state index in [1.165, 1.54) is 36.9 Å². The summed E-state index contributed by atoms with van der Waals surface area (Å²) in [7, 11) is 0. The van der Waals surface area contributed by atoms with E-state index in [9.17, 15) is 0 Å². The van der Waals surface area contributed by atoms with Gasteiger partial charge in [0.05, 0.1) is 18.0 Å². The van der Waals surface area contributed by atoms with Crippen molar-refractivity contribution in [3.63, 3.8) is 0 Å². The summed E-state index contributed by atoms with van der Waals surface area (Å²) in [5.74, 6) is 0.912. The van der Waals surface area contributed by atoms with Crippen LogP contribution in [-0.4, -0.2) is 18.1 Å². The molecule has 0 saturated heterocycles. The molecule has 1 aromatic carbocycles. The van der Waals surface area contributed by atoms with Crippen LogP contribution in [0, 0.1) is 0 Å². The number of fused-ring (bicyclic) bond motifs is 1. The van der Waals surface area contributed by atoms with Crippen LogP contribution < -0.4 is 10.1 Å². The Kier molecular flexibility index (Phi) is 5.74. The normalized spacial score (nSPS) is 15.6. The largest absolute Gasteiger partial charge is 0.493 e. The van der Waals surface area contributed by atoms with Gasteiger partial charge in [0.15, 0.2) is 0 Å². The molecular formula is C22H30N2O. The molecule has 0 fully saturated rings. The fourth-order valence-electron chi connectivity index (χ4n) is 4.27. The molecule has 3 heteroatoms. The number of benzene rings is 1. The van der Waals surface area contributed by atoms with E-state index in [0.29, 0.717) is 6.61 Å². The van der Waals surface area contributed by atoms with Crippen LogP contribution in [0.5, 0.6) is 5.75 Å². The first-order chi connectivity index (χ1) is 12.2. The van der Waals surface area contributed by atoms with Crippen LogP contribution in [0.25, 0.3) is 11.3 Å². The SMILES string of the molecule is CCCC1(CCC)CNCc2nc(-c3ccccc3OCC)ccc21. The van der Waals surface area contributed by atoms with E-state index in [1.807, 2.05) is 19.1 Å². The highest BCUT2D eigenvalue weighted by atomic mass is 16.5. The van der Waals surface area contributed by atoms with E-state index in [1.54, 1.807) is 0 Å². The number of rotatable bonds is 7. The zero-order chi connectivity index (χ0) is 17.7. The van der Waals surface area contributed by atoms with Gasteiger partial charge in [-0.3, -0.25) is 4.98 Å². The summed E-state index contributed by atoms with van der Waals surface area (Å²) in [4.78, 5) is 5.04. The van der Waals surface area contributed by atoms with Gasteiger partial charge in [0.2, 0.25) is 0 Å². The molecule has 1 aliphatic heterocycles. The van der Waals surface area contributed by atoms with Gasteiger partial charge in [-0.25, -0.2) is 0 Å². The first-order valence-electron chi connectivity index (χ1n) is 9.67. The summed E-state index contributed by atoms with van der Waals surface area (Å²) in [5.41, 5.74) is 4.98. The van der Waals surface area contributed by atoms with Crippen molar-refractivity contribution in [2.75, 3.05) is 13.2 Å². The quantitative estimate of drug-likeness (QED) is 0.763. The first kappa shape index (κ1) is 17.9. The summed E-state index contributed by atoms with van der Waals surface area (Å²) in [6.07, 6.45) is 4.85. The van der Waals surface area contributed by atoms with Crippen molar-refractivity contribution in [1.82, 2.24) is 10.3 Å². The molecule has 134 valence electrons. The number of nitrogens with zero attached hydrogens (tertiary/aromatic N) is 1. The van der Waals surface area contributed by atoms with Gasteiger partial charge < -0.3 is 10.1 Å². The van der Waals surface area contributed by atoms with Crippen LogP contribution in [0.15, 0.2) is 36.4 Å². The zero-order valence-corrected chi connectivity index (χ0v) is 15.8. The monoisotopic (exact) mass is 338 g/mol. The van der Waals surface area contributed by atoms with Gasteiger partial charge >= 0.3 is 0 Å². The number of nitrogens with one attached hydrogen (secondary N) is 1. The third kappa shape index (κ3) is 3.57. The highest BCUT2D eigenvalue weighted by Crippen LogP contribution is 2.39. The highest BCUT2D eigenvalue weighted by Gasteiger charge is 2.35. The van der Waals surface area contributed by atoms with E-state index in [4.69, 9.17) is 9.72 Å². The fourth-order valence-corrected chi connectivity index (χ4v) is 4.27. The molecule has 3 rings (SSSR count). The van der Waals surface area contributed by atoms with Gasteiger partial charge in [0, 0.05) is 24.1 Å². The Bertz CT molecular complexity index is 705. The first-order valence-corrected chi connectivity index (χ1v) is 9.67. The number of para-hydroxylation sites is 1. The van der Waals surface area contributed by atoms with Gasteiger partial charge in [0.25, 0.3) is 0 Å². The number of aromatic nitrogens is 1. The van der Waals surface area contributed by atoms with Crippen molar-refractivity contribution in [2.24, 2.45) is 0 Å². The molecule has 25 heavy (non-hydrogen) atoms. The third-order valence-electron chi connectivity index (χ3n) is 5.22. The lowest BCUT2D eigenvalue weighted by atomic mass is 9.71. The predicted molar refractivity (Wildman–Crippen MR) is 104 cm³/mol. The van der Waals surface area contributed by atoms with Crippen LogP contribution in [0.3, 0.4) is 0 Å². The van der Waals surface area contributed by atoms with Gasteiger partial charge in [-0.1, -0.05) is 44.9 Å². The molecule has 0 spiro atoms. The lowest BCUT2D eigenvalue weighted by molar-refractivity contribution is 0.311. The maximum absolute atomic E-state index is 5.80. The Labute approximate surface area is 151 Å². The molecule has 1 aliphatic rings. The second-order valence-corrected chi connectivity index (χ2v) is 7.00. The van der Waals surface area contributed by atoms with Crippen LogP contribution in [-0.2, 0) is 12.0 Å². The number of pyridine rings is 1. The standard InChI is InChI=1S/C22H30N2O/c1-4-13-22(14-5-2)16-23-15-20-18(22)11-12-19(24-20)17-9-7-8-10-21(17)25-6-3/h7-12,23H,4-6,13-16H2,1-3H3. The van der Waals surface area contributed by atoms with E-state index in [0.717, 1.165) is 30.1 Å². The molecule has 0 radical (unpaired) electrons. The van der Waals surface area contributed by atoms with Crippen molar-refractivity contribution in [1.29, 1.82) is 0 Å². The Morgan fingerprint density at radius 2 is 1.80 bits per heavy atom. The van der Waals surface area contributed by atoms with Crippen LogP contribution in [0.1, 0.15) is 57.7 Å². The minimum atomic E-state index is 0.238. The zero-order valence-electron chi connectivity index (χ0n) is 15.8. The second-order valence-electron chi connectivity index (χ2n) is 7.00. The average Bonchev–Trinajstić information content (AvgIpc) is 2.63. The molecule has 0 amide bonds. The molecular weight excluding hydrogens is 308 g/mol. The van der Waals surface area contributed by atoms with Gasteiger partial charge in [-0.05, 0) is 43.5 Å². The minimum absolute atomic E-state index is 0.238. The molecule has 2 heterocycles. The Morgan fingerprint density at radius 3 is 2.52 bits per heavy atom. The van der Waals surface area contributed by atoms with Gasteiger partial charge in [0.1, 0.15) is 5.75 Å². The Balaban J connectivity index is 2.03. The topological polar surface area (TPSA) is 34.2 Å². The second kappa shape index (κ2) is 8.01. The Hall–Kier alpha value is -1.87. The summed E-state index contributed by atoms with van der Waals surface area (Å²) in [6.45, 7) is 9.18. The third-order valence-corrected chi connectivity index (χ3v) is 5.22. The van der Waals surface area contributed by atoms with Gasteiger partial charge in [-0.15, -0.1) is 0 Å². The summed E-state index contributed by atoms with van der Waals surface area (Å²) in [5, 5.41) is 3.63. The number of hydrogen-bond donors (Lipinski definition) is 1. The van der Waals surface area contributed by atoms with E-state index >= 15 is 0 Å². The van der Waals surface area contributed by atoms with Crippen molar-refractivity contribution in [2.45, 2.75) is 58.4 Å². The predicted octanol–water partition coefficient (Wildman–Crippen LogP) is 5.09. The molecule has 2 aromatic rings. The van der Waals surface area contributed by atoms with Crippen molar-refractivity contribution < 1.29 is 4.74 Å². The summed E-state index contributed by atoms with van der Waals surface area (Å²) < 4.78 is 5.80. The van der Waals surface area contributed by atoms with Crippen molar-refractivity contribution in [3.05, 3.63) is 47.7 Å². The maximum atomic E-state index is 5.80. The fraction of sp³-hybridized carbons (Fsp3) is 0.500. The summed E-state index contributed by atoms with van der Waals surface area (Å²) >= 11 is 0.